The third kappa shape index (κ3) is 6.80. The van der Waals surface area contributed by atoms with Crippen molar-refractivity contribution in [2.45, 2.75) is 33.1 Å². The van der Waals surface area contributed by atoms with Gasteiger partial charge < -0.3 is 15.4 Å². The molecule has 0 saturated heterocycles. The molecule has 0 aliphatic heterocycles. The number of aromatic nitrogens is 1. The standard InChI is InChI=1S/C19H23F3N4O/c1-13-6-7-15(14(2)9-13)10-25-18(23-3)26-11-16-5-4-8-24-17(16)27-12-19(20,21)22/h4-9H,10-12H2,1-3H3,(H2,23,25,26). The van der Waals surface area contributed by atoms with E-state index in [1.807, 2.05) is 19.9 Å². The minimum absolute atomic E-state index is 0.0489. The predicted molar refractivity (Wildman–Crippen MR) is 98.7 cm³/mol. The molecule has 0 amide bonds. The maximum absolute atomic E-state index is 12.4. The summed E-state index contributed by atoms with van der Waals surface area (Å²) < 4.78 is 41.9. The van der Waals surface area contributed by atoms with Crippen molar-refractivity contribution < 1.29 is 17.9 Å². The summed E-state index contributed by atoms with van der Waals surface area (Å²) in [5.74, 6) is 0.479. The summed E-state index contributed by atoms with van der Waals surface area (Å²) in [4.78, 5) is 8.01. The summed E-state index contributed by atoms with van der Waals surface area (Å²) in [5.41, 5.74) is 4.02. The van der Waals surface area contributed by atoms with Crippen molar-refractivity contribution in [2.24, 2.45) is 4.99 Å². The summed E-state index contributed by atoms with van der Waals surface area (Å²) >= 11 is 0. The first kappa shape index (κ1) is 20.5. The van der Waals surface area contributed by atoms with Crippen molar-refractivity contribution in [3.63, 3.8) is 0 Å². The minimum Gasteiger partial charge on any atom is -0.468 e. The smallest absolute Gasteiger partial charge is 0.422 e. The Bertz CT molecular complexity index is 791. The second-order valence-corrected chi connectivity index (χ2v) is 6.08. The first-order chi connectivity index (χ1) is 12.8. The number of hydrogen-bond donors (Lipinski definition) is 2. The molecule has 0 atom stereocenters. The van der Waals surface area contributed by atoms with Crippen LogP contribution in [0.1, 0.15) is 22.3 Å². The van der Waals surface area contributed by atoms with Crippen LogP contribution in [0, 0.1) is 13.8 Å². The first-order valence-corrected chi connectivity index (χ1v) is 8.42. The van der Waals surface area contributed by atoms with Gasteiger partial charge in [-0.1, -0.05) is 29.8 Å². The van der Waals surface area contributed by atoms with Gasteiger partial charge in [0.2, 0.25) is 5.88 Å². The summed E-state index contributed by atoms with van der Waals surface area (Å²) in [5, 5.41) is 6.25. The molecule has 5 nitrogen and oxygen atoms in total. The van der Waals surface area contributed by atoms with E-state index in [-0.39, 0.29) is 12.4 Å². The Morgan fingerprint density at radius 3 is 2.44 bits per heavy atom. The molecule has 0 radical (unpaired) electrons. The van der Waals surface area contributed by atoms with Gasteiger partial charge in [0.15, 0.2) is 12.6 Å². The van der Waals surface area contributed by atoms with Gasteiger partial charge in [-0.05, 0) is 31.0 Å². The van der Waals surface area contributed by atoms with Gasteiger partial charge in [-0.15, -0.1) is 0 Å². The number of rotatable bonds is 6. The van der Waals surface area contributed by atoms with Gasteiger partial charge in [-0.25, -0.2) is 4.98 Å². The van der Waals surface area contributed by atoms with Crippen molar-refractivity contribution in [3.8, 4) is 5.88 Å². The number of ether oxygens (including phenoxy) is 1. The molecule has 1 aromatic heterocycles. The average Bonchev–Trinajstić information content (AvgIpc) is 2.61. The van der Waals surface area contributed by atoms with Crippen LogP contribution in [-0.2, 0) is 13.1 Å². The van der Waals surface area contributed by atoms with Crippen LogP contribution in [0.4, 0.5) is 13.2 Å². The first-order valence-electron chi connectivity index (χ1n) is 8.42. The molecule has 1 heterocycles. The van der Waals surface area contributed by atoms with Crippen molar-refractivity contribution in [2.75, 3.05) is 13.7 Å². The van der Waals surface area contributed by atoms with Crippen LogP contribution in [-0.4, -0.2) is 30.8 Å². The van der Waals surface area contributed by atoms with E-state index in [1.165, 1.54) is 17.3 Å². The van der Waals surface area contributed by atoms with Crippen molar-refractivity contribution in [1.82, 2.24) is 15.6 Å². The van der Waals surface area contributed by atoms with E-state index < -0.39 is 12.8 Å². The van der Waals surface area contributed by atoms with Gasteiger partial charge >= 0.3 is 6.18 Å². The van der Waals surface area contributed by atoms with Gasteiger partial charge in [0.25, 0.3) is 0 Å². The van der Waals surface area contributed by atoms with Crippen LogP contribution in [0.3, 0.4) is 0 Å². The van der Waals surface area contributed by atoms with Crippen LogP contribution >= 0.6 is 0 Å². The van der Waals surface area contributed by atoms with E-state index in [2.05, 4.69) is 32.7 Å². The molecule has 27 heavy (non-hydrogen) atoms. The maximum atomic E-state index is 12.4. The molecule has 0 spiro atoms. The highest BCUT2D eigenvalue weighted by atomic mass is 19.4. The van der Waals surface area contributed by atoms with Crippen molar-refractivity contribution in [1.29, 1.82) is 0 Å². The Labute approximate surface area is 156 Å². The van der Waals surface area contributed by atoms with E-state index in [0.29, 0.717) is 18.1 Å². The molecule has 0 aliphatic rings. The third-order valence-electron chi connectivity index (χ3n) is 3.84. The highest BCUT2D eigenvalue weighted by molar-refractivity contribution is 5.79. The normalized spacial score (nSPS) is 12.0. The van der Waals surface area contributed by atoms with Gasteiger partial charge in [0, 0.05) is 31.9 Å². The van der Waals surface area contributed by atoms with E-state index in [4.69, 9.17) is 4.74 Å². The number of nitrogens with zero attached hydrogens (tertiary/aromatic N) is 2. The zero-order valence-electron chi connectivity index (χ0n) is 15.5. The summed E-state index contributed by atoms with van der Waals surface area (Å²) in [6, 6.07) is 9.49. The monoisotopic (exact) mass is 380 g/mol. The lowest BCUT2D eigenvalue weighted by molar-refractivity contribution is -0.154. The Hall–Kier alpha value is -2.77. The Morgan fingerprint density at radius 1 is 1.11 bits per heavy atom. The molecule has 8 heteroatoms. The van der Waals surface area contributed by atoms with Crippen LogP contribution in [0.25, 0.3) is 0 Å². The average molecular weight is 380 g/mol. The Kier molecular flexibility index (Phi) is 7.04. The van der Waals surface area contributed by atoms with Crippen LogP contribution in [0.15, 0.2) is 41.5 Å². The van der Waals surface area contributed by atoms with Gasteiger partial charge in [0.1, 0.15) is 0 Å². The molecular weight excluding hydrogens is 357 g/mol. The quantitative estimate of drug-likeness (QED) is 0.595. The number of halogens is 3. The number of benzene rings is 1. The molecule has 2 rings (SSSR count). The fraction of sp³-hybridized carbons (Fsp3) is 0.368. The number of alkyl halides is 3. The molecule has 0 saturated carbocycles. The minimum atomic E-state index is -4.41. The number of guanidine groups is 1. The zero-order valence-corrected chi connectivity index (χ0v) is 15.5. The largest absolute Gasteiger partial charge is 0.468 e. The number of hydrogen-bond acceptors (Lipinski definition) is 3. The van der Waals surface area contributed by atoms with E-state index in [0.717, 1.165) is 5.56 Å². The maximum Gasteiger partial charge on any atom is 0.422 e. The molecule has 0 bridgehead atoms. The molecule has 0 unspecified atom stereocenters. The molecule has 0 fully saturated rings. The number of aliphatic imine (C=N–C) groups is 1. The fourth-order valence-corrected chi connectivity index (χ4v) is 2.46. The molecular formula is C19H23F3N4O. The van der Waals surface area contributed by atoms with E-state index >= 15 is 0 Å². The lowest BCUT2D eigenvalue weighted by Gasteiger charge is -2.15. The van der Waals surface area contributed by atoms with Crippen LogP contribution in [0.2, 0.25) is 0 Å². The number of aryl methyl sites for hydroxylation is 2. The SMILES string of the molecule is CN=C(NCc1ccc(C)cc1C)NCc1cccnc1OCC(F)(F)F. The topological polar surface area (TPSA) is 58.5 Å². The van der Waals surface area contributed by atoms with E-state index in [9.17, 15) is 13.2 Å². The van der Waals surface area contributed by atoms with Gasteiger partial charge in [-0.2, -0.15) is 13.2 Å². The van der Waals surface area contributed by atoms with Crippen molar-refractivity contribution in [3.05, 3.63) is 58.8 Å². The Morgan fingerprint density at radius 2 is 1.81 bits per heavy atom. The lowest BCUT2D eigenvalue weighted by atomic mass is 10.1. The molecule has 146 valence electrons. The second kappa shape index (κ2) is 9.25. The third-order valence-corrected chi connectivity index (χ3v) is 3.84. The van der Waals surface area contributed by atoms with Gasteiger partial charge in [-0.3, -0.25) is 4.99 Å². The summed E-state index contributed by atoms with van der Waals surface area (Å²) in [6.45, 7) is 3.51. The van der Waals surface area contributed by atoms with E-state index in [1.54, 1.807) is 19.2 Å². The van der Waals surface area contributed by atoms with Crippen LogP contribution < -0.4 is 15.4 Å². The summed E-state index contributed by atoms with van der Waals surface area (Å²) in [6.07, 6.45) is -3.02. The lowest BCUT2D eigenvalue weighted by Crippen LogP contribution is -2.36. The zero-order chi connectivity index (χ0) is 19.9. The van der Waals surface area contributed by atoms with Crippen LogP contribution in [0.5, 0.6) is 5.88 Å². The van der Waals surface area contributed by atoms with Gasteiger partial charge in [0.05, 0.1) is 0 Å². The second-order valence-electron chi connectivity index (χ2n) is 6.08. The molecule has 2 N–H and O–H groups in total. The Balaban J connectivity index is 1.94. The molecule has 0 aliphatic carbocycles. The van der Waals surface area contributed by atoms with Crippen molar-refractivity contribution >= 4 is 5.96 Å². The fourth-order valence-electron chi connectivity index (χ4n) is 2.46. The summed E-state index contributed by atoms with van der Waals surface area (Å²) in [7, 11) is 1.63. The molecule has 2 aromatic rings. The number of pyridine rings is 1. The highest BCUT2D eigenvalue weighted by Gasteiger charge is 2.29. The predicted octanol–water partition coefficient (Wildman–Crippen LogP) is 3.50. The molecule has 1 aromatic carbocycles. The number of nitrogens with one attached hydrogen (secondary N) is 2. The highest BCUT2D eigenvalue weighted by Crippen LogP contribution is 2.19.